The maximum Gasteiger partial charge on any atom is -0.00148 e. The molecule has 1 aromatic rings. The molecule has 1 heteroatoms. The van der Waals surface area contributed by atoms with Crippen LogP contribution < -0.4 is 5.32 Å². The van der Waals surface area contributed by atoms with E-state index in [4.69, 9.17) is 0 Å². The molecule has 0 aromatic heterocycles. The molecule has 1 aliphatic heterocycles. The number of rotatable bonds is 2. The van der Waals surface area contributed by atoms with Crippen LogP contribution in [0, 0.1) is 18.8 Å². The van der Waals surface area contributed by atoms with Crippen molar-refractivity contribution < 1.29 is 0 Å². The van der Waals surface area contributed by atoms with Crippen molar-refractivity contribution in [1.29, 1.82) is 0 Å². The minimum absolute atomic E-state index is 0.821. The van der Waals surface area contributed by atoms with Crippen LogP contribution in [0.3, 0.4) is 0 Å². The largest absolute Gasteiger partial charge is 0.316 e. The summed E-state index contributed by atoms with van der Waals surface area (Å²) < 4.78 is 0. The second-order valence-corrected chi connectivity index (χ2v) is 4.92. The normalized spacial score (nSPS) is 26.5. The molecule has 1 N–H and O–H groups in total. The summed E-state index contributed by atoms with van der Waals surface area (Å²) in [6.45, 7) is 6.93. The van der Waals surface area contributed by atoms with Crippen LogP contribution in [0.15, 0.2) is 24.3 Å². The lowest BCUT2D eigenvalue weighted by Crippen LogP contribution is -2.36. The van der Waals surface area contributed by atoms with Gasteiger partial charge in [0.2, 0.25) is 0 Å². The molecule has 2 atom stereocenters. The van der Waals surface area contributed by atoms with Crippen molar-refractivity contribution in [3.63, 3.8) is 0 Å². The molecule has 82 valence electrons. The summed E-state index contributed by atoms with van der Waals surface area (Å²) >= 11 is 0. The molecule has 1 nitrogen and oxygen atoms in total. The van der Waals surface area contributed by atoms with Crippen molar-refractivity contribution in [2.45, 2.75) is 26.7 Å². The van der Waals surface area contributed by atoms with Gasteiger partial charge in [0.25, 0.3) is 0 Å². The van der Waals surface area contributed by atoms with Crippen molar-refractivity contribution in [3.05, 3.63) is 35.4 Å². The van der Waals surface area contributed by atoms with Crippen LogP contribution in [0.4, 0.5) is 0 Å². The van der Waals surface area contributed by atoms with Gasteiger partial charge >= 0.3 is 0 Å². The third-order valence-corrected chi connectivity index (χ3v) is 3.61. The van der Waals surface area contributed by atoms with Gasteiger partial charge in [0.15, 0.2) is 0 Å². The molecule has 2 rings (SSSR count). The van der Waals surface area contributed by atoms with Crippen LogP contribution >= 0.6 is 0 Å². The number of nitrogens with one attached hydrogen (secondary N) is 1. The molecular formula is C14H21N. The molecule has 15 heavy (non-hydrogen) atoms. The van der Waals surface area contributed by atoms with Gasteiger partial charge in [0.1, 0.15) is 0 Å². The molecule has 0 bridgehead atoms. The van der Waals surface area contributed by atoms with Gasteiger partial charge in [0, 0.05) is 0 Å². The molecule has 0 spiro atoms. The third kappa shape index (κ3) is 2.82. The Morgan fingerprint density at radius 2 is 2.00 bits per heavy atom. The first-order valence-electron chi connectivity index (χ1n) is 6.02. The Bertz CT molecular complexity index is 302. The molecule has 0 amide bonds. The van der Waals surface area contributed by atoms with E-state index >= 15 is 0 Å². The summed E-state index contributed by atoms with van der Waals surface area (Å²) in [4.78, 5) is 0. The summed E-state index contributed by atoms with van der Waals surface area (Å²) in [5, 5.41) is 3.50. The number of aryl methyl sites for hydroxylation is 1. The highest BCUT2D eigenvalue weighted by atomic mass is 14.9. The molecule has 0 saturated carbocycles. The second-order valence-electron chi connectivity index (χ2n) is 4.92. The first kappa shape index (κ1) is 10.7. The highest BCUT2D eigenvalue weighted by Gasteiger charge is 2.20. The average molecular weight is 203 g/mol. The molecule has 1 saturated heterocycles. The van der Waals surface area contributed by atoms with Crippen molar-refractivity contribution >= 4 is 0 Å². The quantitative estimate of drug-likeness (QED) is 0.779. The van der Waals surface area contributed by atoms with Gasteiger partial charge in [-0.25, -0.2) is 0 Å². The van der Waals surface area contributed by atoms with Gasteiger partial charge in [-0.2, -0.15) is 0 Å². The average Bonchev–Trinajstić information content (AvgIpc) is 2.25. The Labute approximate surface area is 92.9 Å². The van der Waals surface area contributed by atoms with E-state index in [2.05, 4.69) is 43.4 Å². The van der Waals surface area contributed by atoms with Gasteiger partial charge < -0.3 is 5.32 Å². The molecule has 0 aliphatic carbocycles. The van der Waals surface area contributed by atoms with E-state index < -0.39 is 0 Å². The van der Waals surface area contributed by atoms with Gasteiger partial charge in [-0.1, -0.05) is 36.8 Å². The highest BCUT2D eigenvalue weighted by Crippen LogP contribution is 2.22. The zero-order valence-electron chi connectivity index (χ0n) is 9.79. The van der Waals surface area contributed by atoms with E-state index in [1.54, 1.807) is 0 Å². The van der Waals surface area contributed by atoms with Crippen molar-refractivity contribution in [3.8, 4) is 0 Å². The molecule has 1 heterocycles. The zero-order chi connectivity index (χ0) is 10.7. The minimum Gasteiger partial charge on any atom is -0.316 e. The SMILES string of the molecule is Cc1ccc(CC2CNCCC2C)cc1. The number of hydrogen-bond donors (Lipinski definition) is 1. The summed E-state index contributed by atoms with van der Waals surface area (Å²) in [5.41, 5.74) is 2.84. The third-order valence-electron chi connectivity index (χ3n) is 3.61. The number of piperidine rings is 1. The minimum atomic E-state index is 0.821. The van der Waals surface area contributed by atoms with E-state index in [9.17, 15) is 0 Å². The van der Waals surface area contributed by atoms with Crippen molar-refractivity contribution in [2.75, 3.05) is 13.1 Å². The van der Waals surface area contributed by atoms with E-state index in [1.807, 2.05) is 0 Å². The topological polar surface area (TPSA) is 12.0 Å². The first-order valence-corrected chi connectivity index (χ1v) is 6.02. The predicted molar refractivity (Wildman–Crippen MR) is 65.0 cm³/mol. The molecule has 2 unspecified atom stereocenters. The second kappa shape index (κ2) is 4.80. The fourth-order valence-corrected chi connectivity index (χ4v) is 2.35. The molecule has 1 aliphatic rings. The summed E-state index contributed by atoms with van der Waals surface area (Å²) in [5.74, 6) is 1.69. The monoisotopic (exact) mass is 203 g/mol. The van der Waals surface area contributed by atoms with E-state index in [1.165, 1.54) is 37.1 Å². The Hall–Kier alpha value is -0.820. The number of benzene rings is 1. The molecular weight excluding hydrogens is 182 g/mol. The van der Waals surface area contributed by atoms with E-state index in [-0.39, 0.29) is 0 Å². The van der Waals surface area contributed by atoms with Crippen LogP contribution in [0.1, 0.15) is 24.5 Å². The lowest BCUT2D eigenvalue weighted by molar-refractivity contribution is 0.272. The Morgan fingerprint density at radius 1 is 1.27 bits per heavy atom. The standard InChI is InChI=1S/C14H21N/c1-11-3-5-13(6-4-11)9-14-10-15-8-7-12(14)2/h3-6,12,14-15H,7-10H2,1-2H3. The molecule has 1 aromatic carbocycles. The van der Waals surface area contributed by atoms with E-state index in [0.717, 1.165) is 11.8 Å². The highest BCUT2D eigenvalue weighted by molar-refractivity contribution is 5.21. The summed E-state index contributed by atoms with van der Waals surface area (Å²) in [7, 11) is 0. The van der Waals surface area contributed by atoms with Gasteiger partial charge in [-0.05, 0) is 50.3 Å². The van der Waals surface area contributed by atoms with Crippen LogP contribution in [0.5, 0.6) is 0 Å². The maximum atomic E-state index is 3.50. The Kier molecular flexibility index (Phi) is 3.42. The smallest absolute Gasteiger partial charge is 0.00148 e. The summed E-state index contributed by atoms with van der Waals surface area (Å²) in [6.07, 6.45) is 2.56. The fourth-order valence-electron chi connectivity index (χ4n) is 2.35. The van der Waals surface area contributed by atoms with Crippen molar-refractivity contribution in [1.82, 2.24) is 5.32 Å². The predicted octanol–water partition coefficient (Wildman–Crippen LogP) is 2.78. The van der Waals surface area contributed by atoms with Gasteiger partial charge in [-0.3, -0.25) is 0 Å². The van der Waals surface area contributed by atoms with Crippen molar-refractivity contribution in [2.24, 2.45) is 11.8 Å². The summed E-state index contributed by atoms with van der Waals surface area (Å²) in [6, 6.07) is 8.99. The van der Waals surface area contributed by atoms with Crippen LogP contribution in [0.25, 0.3) is 0 Å². The van der Waals surface area contributed by atoms with E-state index in [0.29, 0.717) is 0 Å². The van der Waals surface area contributed by atoms with Crippen LogP contribution in [0.2, 0.25) is 0 Å². The Balaban J connectivity index is 1.98. The van der Waals surface area contributed by atoms with Gasteiger partial charge in [-0.15, -0.1) is 0 Å². The lowest BCUT2D eigenvalue weighted by atomic mass is 9.83. The Morgan fingerprint density at radius 3 is 2.67 bits per heavy atom. The van der Waals surface area contributed by atoms with Crippen LogP contribution in [-0.4, -0.2) is 13.1 Å². The van der Waals surface area contributed by atoms with Gasteiger partial charge in [0.05, 0.1) is 0 Å². The fraction of sp³-hybridized carbons (Fsp3) is 0.571. The zero-order valence-corrected chi connectivity index (χ0v) is 9.79. The lowest BCUT2D eigenvalue weighted by Gasteiger charge is -2.29. The first-order chi connectivity index (χ1) is 7.25. The molecule has 1 fully saturated rings. The molecule has 0 radical (unpaired) electrons. The maximum absolute atomic E-state index is 3.50. The number of hydrogen-bond acceptors (Lipinski definition) is 1. The van der Waals surface area contributed by atoms with Crippen LogP contribution in [-0.2, 0) is 6.42 Å².